The number of aromatic hydroxyl groups is 1. The second kappa shape index (κ2) is 8.99. The van der Waals surface area contributed by atoms with Crippen molar-refractivity contribution in [3.63, 3.8) is 0 Å². The highest BCUT2D eigenvalue weighted by Gasteiger charge is 2.11. The summed E-state index contributed by atoms with van der Waals surface area (Å²) in [5.74, 6) is 4.69. The van der Waals surface area contributed by atoms with E-state index in [-0.39, 0.29) is 24.5 Å². The summed E-state index contributed by atoms with van der Waals surface area (Å²) in [5.41, 5.74) is 1.44. The van der Waals surface area contributed by atoms with Crippen LogP contribution in [0, 0.1) is 11.8 Å². The van der Waals surface area contributed by atoms with Crippen LogP contribution < -0.4 is 5.32 Å². The summed E-state index contributed by atoms with van der Waals surface area (Å²) in [6.45, 7) is 0.266. The molecule has 0 fully saturated rings. The van der Waals surface area contributed by atoms with E-state index in [0.717, 1.165) is 5.56 Å². The molecule has 0 aliphatic heterocycles. The second-order valence-corrected chi connectivity index (χ2v) is 4.94. The number of hydrogen-bond acceptors (Lipinski definition) is 5. The fraction of sp³-hybridized carbons (Fsp3) is 0.158. The van der Waals surface area contributed by atoms with Crippen molar-refractivity contribution in [3.8, 4) is 17.6 Å². The van der Waals surface area contributed by atoms with E-state index in [9.17, 15) is 14.7 Å². The number of phenols is 1. The minimum atomic E-state index is -0.649. The normalized spacial score (nSPS) is 9.48. The average molecular weight is 339 g/mol. The number of carbonyl (C=O) groups excluding carboxylic acids is 2. The van der Waals surface area contributed by atoms with Gasteiger partial charge in [-0.3, -0.25) is 0 Å². The van der Waals surface area contributed by atoms with Crippen molar-refractivity contribution in [1.29, 1.82) is 0 Å². The maximum Gasteiger partial charge on any atom is 0.408 e. The van der Waals surface area contributed by atoms with Gasteiger partial charge in [-0.05, 0) is 23.8 Å². The standard InChI is InChI=1S/C19H17NO5/c1-24-18(22)16-12-14(9-10-17(16)21)8-5-11-20-19(23)25-13-15-6-3-2-4-7-15/h2-4,6-7,9-10,12,21H,11,13H2,1H3,(H,20,23). The lowest BCUT2D eigenvalue weighted by molar-refractivity contribution is 0.0597. The first-order valence-electron chi connectivity index (χ1n) is 7.45. The molecule has 2 aromatic carbocycles. The third kappa shape index (κ3) is 5.59. The van der Waals surface area contributed by atoms with Crippen molar-refractivity contribution in [1.82, 2.24) is 5.32 Å². The molecule has 2 aromatic rings. The van der Waals surface area contributed by atoms with Gasteiger partial charge in [-0.25, -0.2) is 9.59 Å². The van der Waals surface area contributed by atoms with Crippen molar-refractivity contribution < 1.29 is 24.2 Å². The molecule has 25 heavy (non-hydrogen) atoms. The predicted molar refractivity (Wildman–Crippen MR) is 91.0 cm³/mol. The zero-order valence-electron chi connectivity index (χ0n) is 13.6. The molecule has 0 aliphatic carbocycles. The molecule has 0 aliphatic rings. The molecule has 0 spiro atoms. The van der Waals surface area contributed by atoms with E-state index in [4.69, 9.17) is 4.74 Å². The minimum absolute atomic E-state index is 0.0320. The molecule has 2 rings (SSSR count). The Morgan fingerprint density at radius 3 is 2.64 bits per heavy atom. The highest BCUT2D eigenvalue weighted by atomic mass is 16.5. The number of nitrogens with one attached hydrogen (secondary N) is 1. The Labute approximate surface area is 145 Å². The van der Waals surface area contributed by atoms with E-state index in [2.05, 4.69) is 21.9 Å². The lowest BCUT2D eigenvalue weighted by Crippen LogP contribution is -2.24. The molecule has 1 amide bonds. The van der Waals surface area contributed by atoms with E-state index in [1.165, 1.54) is 19.2 Å². The van der Waals surface area contributed by atoms with Gasteiger partial charge in [-0.2, -0.15) is 0 Å². The zero-order valence-corrected chi connectivity index (χ0v) is 13.6. The number of benzene rings is 2. The van der Waals surface area contributed by atoms with Gasteiger partial charge in [0.05, 0.1) is 13.7 Å². The molecule has 0 saturated carbocycles. The van der Waals surface area contributed by atoms with Crippen LogP contribution in [-0.4, -0.2) is 30.8 Å². The summed E-state index contributed by atoms with van der Waals surface area (Å²) in [6.07, 6.45) is -0.570. The Balaban J connectivity index is 1.84. The van der Waals surface area contributed by atoms with Crippen molar-refractivity contribution in [2.45, 2.75) is 6.61 Å². The first-order valence-corrected chi connectivity index (χ1v) is 7.45. The van der Waals surface area contributed by atoms with Gasteiger partial charge in [0.1, 0.15) is 17.9 Å². The maximum absolute atomic E-state index is 11.6. The van der Waals surface area contributed by atoms with E-state index < -0.39 is 12.1 Å². The highest BCUT2D eigenvalue weighted by Crippen LogP contribution is 2.18. The van der Waals surface area contributed by atoms with Crippen LogP contribution >= 0.6 is 0 Å². The number of rotatable bonds is 4. The van der Waals surface area contributed by atoms with Crippen LogP contribution in [0.2, 0.25) is 0 Å². The quantitative estimate of drug-likeness (QED) is 0.660. The summed E-state index contributed by atoms with van der Waals surface area (Å²) >= 11 is 0. The van der Waals surface area contributed by atoms with Crippen LogP contribution in [-0.2, 0) is 16.1 Å². The number of hydrogen-bond donors (Lipinski definition) is 2. The molecular formula is C19H17NO5. The number of esters is 1. The molecule has 128 valence electrons. The summed E-state index contributed by atoms with van der Waals surface area (Å²) < 4.78 is 9.62. The molecule has 2 N–H and O–H groups in total. The van der Waals surface area contributed by atoms with Crippen LogP contribution in [0.25, 0.3) is 0 Å². The van der Waals surface area contributed by atoms with Crippen LogP contribution in [0.5, 0.6) is 5.75 Å². The van der Waals surface area contributed by atoms with Crippen LogP contribution in [0.1, 0.15) is 21.5 Å². The zero-order chi connectivity index (χ0) is 18.1. The Kier molecular flexibility index (Phi) is 6.43. The molecule has 0 unspecified atom stereocenters. The van der Waals surface area contributed by atoms with Crippen molar-refractivity contribution in [3.05, 3.63) is 65.2 Å². The lowest BCUT2D eigenvalue weighted by atomic mass is 10.1. The van der Waals surface area contributed by atoms with E-state index >= 15 is 0 Å². The van der Waals surface area contributed by atoms with Gasteiger partial charge in [-0.15, -0.1) is 0 Å². The predicted octanol–water partition coefficient (Wildman–Crippen LogP) is 2.46. The van der Waals surface area contributed by atoms with Crippen molar-refractivity contribution in [2.24, 2.45) is 0 Å². The van der Waals surface area contributed by atoms with Gasteiger partial charge in [0.25, 0.3) is 0 Å². The number of ether oxygens (including phenoxy) is 2. The number of phenolic OH excluding ortho intramolecular Hbond substituents is 1. The summed E-state index contributed by atoms with van der Waals surface area (Å²) in [4.78, 5) is 23.0. The maximum atomic E-state index is 11.6. The van der Waals surface area contributed by atoms with E-state index in [0.29, 0.717) is 5.56 Å². The summed E-state index contributed by atoms with van der Waals surface area (Å²) in [7, 11) is 1.23. The first-order chi connectivity index (χ1) is 12.1. The Morgan fingerprint density at radius 1 is 1.16 bits per heavy atom. The number of carbonyl (C=O) groups is 2. The average Bonchev–Trinajstić information content (AvgIpc) is 2.65. The largest absolute Gasteiger partial charge is 0.507 e. The lowest BCUT2D eigenvalue weighted by Gasteiger charge is -2.04. The summed E-state index contributed by atoms with van der Waals surface area (Å²) in [6, 6.07) is 13.7. The van der Waals surface area contributed by atoms with E-state index in [1.807, 2.05) is 30.3 Å². The van der Waals surface area contributed by atoms with Gasteiger partial charge in [0, 0.05) is 5.56 Å². The van der Waals surface area contributed by atoms with Crippen molar-refractivity contribution >= 4 is 12.1 Å². The molecule has 0 aromatic heterocycles. The van der Waals surface area contributed by atoms with Crippen molar-refractivity contribution in [2.75, 3.05) is 13.7 Å². The van der Waals surface area contributed by atoms with Gasteiger partial charge < -0.3 is 19.9 Å². The first kappa shape index (κ1) is 17.9. The molecule has 0 bridgehead atoms. The van der Waals surface area contributed by atoms with Crippen LogP contribution in [0.3, 0.4) is 0 Å². The van der Waals surface area contributed by atoms with Crippen LogP contribution in [0.4, 0.5) is 4.79 Å². The molecular weight excluding hydrogens is 322 g/mol. The molecule has 6 heteroatoms. The third-order valence-corrected chi connectivity index (χ3v) is 3.17. The number of alkyl carbamates (subject to hydrolysis) is 1. The number of amides is 1. The minimum Gasteiger partial charge on any atom is -0.507 e. The summed E-state index contributed by atoms with van der Waals surface area (Å²) in [5, 5.41) is 12.1. The Bertz CT molecular complexity index is 806. The van der Waals surface area contributed by atoms with E-state index in [1.54, 1.807) is 6.07 Å². The van der Waals surface area contributed by atoms with Gasteiger partial charge in [-0.1, -0.05) is 42.2 Å². The smallest absolute Gasteiger partial charge is 0.408 e. The van der Waals surface area contributed by atoms with Gasteiger partial charge in [0.2, 0.25) is 0 Å². The second-order valence-electron chi connectivity index (χ2n) is 4.94. The number of methoxy groups -OCH3 is 1. The topological polar surface area (TPSA) is 84.9 Å². The van der Waals surface area contributed by atoms with Gasteiger partial charge in [0.15, 0.2) is 0 Å². The molecule has 0 radical (unpaired) electrons. The Hall–Kier alpha value is -3.46. The third-order valence-electron chi connectivity index (χ3n) is 3.17. The molecule has 0 atom stereocenters. The Morgan fingerprint density at radius 2 is 1.92 bits per heavy atom. The fourth-order valence-electron chi connectivity index (χ4n) is 1.92. The van der Waals surface area contributed by atoms with Gasteiger partial charge >= 0.3 is 12.1 Å². The monoisotopic (exact) mass is 339 g/mol. The highest BCUT2D eigenvalue weighted by molar-refractivity contribution is 5.92. The molecule has 0 heterocycles. The molecule has 0 saturated heterocycles. The van der Waals surface area contributed by atoms with Crippen LogP contribution in [0.15, 0.2) is 48.5 Å². The fourth-order valence-corrected chi connectivity index (χ4v) is 1.92. The molecule has 6 nitrogen and oxygen atoms in total. The SMILES string of the molecule is COC(=O)c1cc(C#CCNC(=O)OCc2ccccc2)ccc1O.